The highest BCUT2D eigenvalue weighted by Crippen LogP contribution is 2.30. The molecule has 112 valence electrons. The first-order valence-corrected chi connectivity index (χ1v) is 7.41. The van der Waals surface area contributed by atoms with Gasteiger partial charge in [-0.2, -0.15) is 0 Å². The Hall–Kier alpha value is -2.02. The van der Waals surface area contributed by atoms with Gasteiger partial charge in [0.25, 0.3) is 0 Å². The average Bonchev–Trinajstić information content (AvgIpc) is 2.42. The molecule has 0 aliphatic rings. The van der Waals surface area contributed by atoms with E-state index in [0.717, 1.165) is 23.1 Å². The minimum atomic E-state index is 1.03. The van der Waals surface area contributed by atoms with Crippen molar-refractivity contribution in [2.45, 2.75) is 34.1 Å². The van der Waals surface area contributed by atoms with Crippen molar-refractivity contribution in [3.63, 3.8) is 0 Å². The lowest BCUT2D eigenvalue weighted by Gasteiger charge is -2.15. The summed E-state index contributed by atoms with van der Waals surface area (Å²) in [5.74, 6) is 0. The van der Waals surface area contributed by atoms with E-state index in [0.29, 0.717) is 0 Å². The molecule has 0 spiro atoms. The van der Waals surface area contributed by atoms with Crippen LogP contribution in [0.5, 0.6) is 0 Å². The van der Waals surface area contributed by atoms with Gasteiger partial charge in [-0.3, -0.25) is 0 Å². The van der Waals surface area contributed by atoms with E-state index >= 15 is 0 Å². The maximum atomic E-state index is 4.11. The Kier molecular flexibility index (Phi) is 6.23. The molecule has 0 saturated carbocycles. The van der Waals surface area contributed by atoms with Crippen molar-refractivity contribution in [2.24, 2.45) is 0 Å². The molecular formula is C20H27N. The molecule has 0 aliphatic carbocycles. The van der Waals surface area contributed by atoms with Gasteiger partial charge in [-0.15, -0.1) is 0 Å². The van der Waals surface area contributed by atoms with Crippen molar-refractivity contribution in [1.82, 2.24) is 5.32 Å². The van der Waals surface area contributed by atoms with Crippen molar-refractivity contribution < 1.29 is 0 Å². The maximum absolute atomic E-state index is 4.11. The van der Waals surface area contributed by atoms with E-state index in [1.807, 2.05) is 27.1 Å². The molecule has 0 radical (unpaired) electrons. The number of benzene rings is 1. The number of aryl methyl sites for hydroxylation is 2. The Labute approximate surface area is 129 Å². The van der Waals surface area contributed by atoms with Crippen LogP contribution in [0, 0.1) is 6.92 Å². The maximum Gasteiger partial charge on any atom is 0.00439 e. The summed E-state index contributed by atoms with van der Waals surface area (Å²) in [4.78, 5) is 0. The highest BCUT2D eigenvalue weighted by Gasteiger charge is 2.10. The first kappa shape index (κ1) is 17.0. The van der Waals surface area contributed by atoms with Crippen LogP contribution in [0.1, 0.15) is 37.5 Å². The van der Waals surface area contributed by atoms with Gasteiger partial charge in [0.05, 0.1) is 0 Å². The molecule has 1 nitrogen and oxygen atoms in total. The van der Waals surface area contributed by atoms with Crippen LogP contribution in [0.2, 0.25) is 0 Å². The molecule has 21 heavy (non-hydrogen) atoms. The van der Waals surface area contributed by atoms with Gasteiger partial charge in [-0.05, 0) is 55.0 Å². The number of rotatable bonds is 6. The molecule has 0 heterocycles. The second kappa shape index (κ2) is 7.68. The Morgan fingerprint density at radius 3 is 2.38 bits per heavy atom. The molecule has 0 saturated heterocycles. The van der Waals surface area contributed by atoms with E-state index in [2.05, 4.69) is 56.6 Å². The highest BCUT2D eigenvalue weighted by molar-refractivity contribution is 5.84. The van der Waals surface area contributed by atoms with Gasteiger partial charge in [0.15, 0.2) is 0 Å². The molecule has 0 aliphatic heterocycles. The van der Waals surface area contributed by atoms with Crippen LogP contribution in [0.4, 0.5) is 0 Å². The molecule has 0 fully saturated rings. The Morgan fingerprint density at radius 1 is 1.24 bits per heavy atom. The van der Waals surface area contributed by atoms with E-state index in [9.17, 15) is 0 Å². The van der Waals surface area contributed by atoms with Gasteiger partial charge >= 0.3 is 0 Å². The van der Waals surface area contributed by atoms with E-state index in [-0.39, 0.29) is 0 Å². The second-order valence-electron chi connectivity index (χ2n) is 5.53. The van der Waals surface area contributed by atoms with Crippen LogP contribution >= 0.6 is 0 Å². The van der Waals surface area contributed by atoms with Gasteiger partial charge < -0.3 is 5.32 Å². The van der Waals surface area contributed by atoms with E-state index in [1.165, 1.54) is 22.3 Å². The largest absolute Gasteiger partial charge is 0.393 e. The summed E-state index contributed by atoms with van der Waals surface area (Å²) in [6.07, 6.45) is 5.17. The van der Waals surface area contributed by atoms with E-state index in [4.69, 9.17) is 0 Å². The quantitative estimate of drug-likeness (QED) is 0.707. The van der Waals surface area contributed by atoms with Crippen molar-refractivity contribution in [2.75, 3.05) is 7.05 Å². The SMILES string of the molecule is C=C(C)/C=C(\C(=C\NC)C(=C)C)c1ccc(C)c(CC)c1. The Bertz CT molecular complexity index is 600. The van der Waals surface area contributed by atoms with Crippen molar-refractivity contribution in [1.29, 1.82) is 0 Å². The summed E-state index contributed by atoms with van der Waals surface area (Å²) in [5, 5.41) is 3.12. The lowest BCUT2D eigenvalue weighted by molar-refractivity contribution is 1.08. The van der Waals surface area contributed by atoms with Crippen LogP contribution in [-0.4, -0.2) is 7.05 Å². The molecule has 1 aromatic carbocycles. The number of hydrogen-bond acceptors (Lipinski definition) is 1. The van der Waals surface area contributed by atoms with Gasteiger partial charge in [-0.1, -0.05) is 49.9 Å². The average molecular weight is 281 g/mol. The molecular weight excluding hydrogens is 254 g/mol. The monoisotopic (exact) mass is 281 g/mol. The minimum Gasteiger partial charge on any atom is -0.393 e. The fraction of sp³-hybridized carbons (Fsp3) is 0.300. The normalized spacial score (nSPS) is 12.2. The van der Waals surface area contributed by atoms with Crippen LogP contribution in [-0.2, 0) is 6.42 Å². The summed E-state index contributed by atoms with van der Waals surface area (Å²) < 4.78 is 0. The summed E-state index contributed by atoms with van der Waals surface area (Å²) in [5.41, 5.74) is 8.29. The smallest absolute Gasteiger partial charge is 0.00439 e. The zero-order valence-corrected chi connectivity index (χ0v) is 14.0. The lowest BCUT2D eigenvalue weighted by Crippen LogP contribution is -2.01. The molecule has 1 aromatic rings. The molecule has 0 atom stereocenters. The molecule has 0 bridgehead atoms. The summed E-state index contributed by atoms with van der Waals surface area (Å²) >= 11 is 0. The minimum absolute atomic E-state index is 1.03. The third-order valence-electron chi connectivity index (χ3n) is 3.47. The number of allylic oxidation sites excluding steroid dienone is 5. The van der Waals surface area contributed by atoms with Crippen LogP contribution in [0.25, 0.3) is 5.57 Å². The van der Waals surface area contributed by atoms with Crippen molar-refractivity contribution >= 4 is 5.57 Å². The van der Waals surface area contributed by atoms with Crippen molar-refractivity contribution in [3.8, 4) is 0 Å². The first-order chi connectivity index (χ1) is 9.90. The zero-order chi connectivity index (χ0) is 16.0. The number of nitrogens with one attached hydrogen (secondary N) is 1. The van der Waals surface area contributed by atoms with E-state index < -0.39 is 0 Å². The van der Waals surface area contributed by atoms with Crippen molar-refractivity contribution in [3.05, 3.63) is 77.0 Å². The third-order valence-corrected chi connectivity index (χ3v) is 3.47. The first-order valence-electron chi connectivity index (χ1n) is 7.41. The summed E-state index contributed by atoms with van der Waals surface area (Å²) in [7, 11) is 1.91. The van der Waals surface area contributed by atoms with Gasteiger partial charge in [0.2, 0.25) is 0 Å². The fourth-order valence-corrected chi connectivity index (χ4v) is 2.36. The topological polar surface area (TPSA) is 12.0 Å². The molecule has 1 rings (SSSR count). The Morgan fingerprint density at radius 2 is 1.90 bits per heavy atom. The van der Waals surface area contributed by atoms with Crippen LogP contribution in [0.3, 0.4) is 0 Å². The van der Waals surface area contributed by atoms with Crippen LogP contribution in [0.15, 0.2) is 60.4 Å². The van der Waals surface area contributed by atoms with Gasteiger partial charge in [0.1, 0.15) is 0 Å². The predicted molar refractivity (Wildman–Crippen MR) is 95.3 cm³/mol. The van der Waals surface area contributed by atoms with E-state index in [1.54, 1.807) is 0 Å². The summed E-state index contributed by atoms with van der Waals surface area (Å²) in [6, 6.07) is 6.64. The van der Waals surface area contributed by atoms with Gasteiger partial charge in [0, 0.05) is 18.8 Å². The predicted octanol–water partition coefficient (Wildman–Crippen LogP) is 5.20. The molecule has 0 amide bonds. The second-order valence-corrected chi connectivity index (χ2v) is 5.53. The van der Waals surface area contributed by atoms with Gasteiger partial charge in [-0.25, -0.2) is 0 Å². The third kappa shape index (κ3) is 4.49. The molecule has 1 N–H and O–H groups in total. The fourth-order valence-electron chi connectivity index (χ4n) is 2.36. The summed E-state index contributed by atoms with van der Waals surface area (Å²) in [6.45, 7) is 16.5. The number of hydrogen-bond donors (Lipinski definition) is 1. The Balaban J connectivity index is 3.49. The highest BCUT2D eigenvalue weighted by atomic mass is 14.8. The zero-order valence-electron chi connectivity index (χ0n) is 14.0. The molecule has 0 aromatic heterocycles. The molecule has 0 unspecified atom stereocenters. The standard InChI is InChI=1S/C20H27N/c1-8-17-12-18(10-9-16(17)6)19(11-14(2)3)20(13-21-7)15(4)5/h9-13,21H,2,4,8H2,1,3,5-7H3/b19-11-,20-13+. The van der Waals surface area contributed by atoms with Crippen LogP contribution < -0.4 is 5.32 Å². The molecule has 1 heteroatoms. The lowest BCUT2D eigenvalue weighted by atomic mass is 9.90.